The van der Waals surface area contributed by atoms with E-state index >= 15 is 0 Å². The molecular formula is C6H12O6. The van der Waals surface area contributed by atoms with Crippen LogP contribution < -0.4 is 0 Å². The molecule has 0 bridgehead atoms. The summed E-state index contributed by atoms with van der Waals surface area (Å²) in [4.78, 5) is 0. The van der Waals surface area contributed by atoms with Crippen LogP contribution in [0.4, 0.5) is 0 Å². The average molecular weight is 180 g/mol. The summed E-state index contributed by atoms with van der Waals surface area (Å²) in [7, 11) is 0. The zero-order chi connectivity index (χ0) is 9.30. The highest BCUT2D eigenvalue weighted by atomic mass is 16.6. The lowest BCUT2D eigenvalue weighted by molar-refractivity contribution is -0.286. The molecule has 5 N–H and O–H groups in total. The number of rotatable bonds is 1. The van der Waals surface area contributed by atoms with Gasteiger partial charge in [0.05, 0.1) is 6.61 Å². The van der Waals surface area contributed by atoms with Gasteiger partial charge in [-0.3, -0.25) is 0 Å². The Morgan fingerprint density at radius 1 is 0.917 bits per heavy atom. The highest BCUT2D eigenvalue weighted by Gasteiger charge is 2.42. The molecule has 1 aliphatic rings. The first kappa shape index (κ1) is 9.85. The van der Waals surface area contributed by atoms with Gasteiger partial charge in [0.2, 0.25) is 0 Å². The third-order valence-corrected chi connectivity index (χ3v) is 1.87. The van der Waals surface area contributed by atoms with Crippen LogP contribution in [0.2, 0.25) is 0 Å². The zero-order valence-electron chi connectivity index (χ0n) is 6.24. The fourth-order valence-electron chi connectivity index (χ4n) is 1.08. The van der Waals surface area contributed by atoms with Crippen molar-refractivity contribution in [1.82, 2.24) is 0 Å². The average Bonchev–Trinajstić information content (AvgIpc) is 2.08. The molecule has 0 spiro atoms. The van der Waals surface area contributed by atoms with E-state index in [0.717, 1.165) is 0 Å². The molecule has 0 aromatic rings. The largest absolute Gasteiger partial charge is 0.394 e. The quantitative estimate of drug-likeness (QED) is 0.290. The Balaban J connectivity index is 2.63. The van der Waals surface area contributed by atoms with Crippen LogP contribution in [-0.2, 0) is 4.74 Å². The first-order valence-corrected chi connectivity index (χ1v) is 3.56. The van der Waals surface area contributed by atoms with Gasteiger partial charge in [0.15, 0.2) is 6.29 Å². The molecule has 6 heteroatoms. The van der Waals surface area contributed by atoms with Crippen LogP contribution >= 0.6 is 0 Å². The van der Waals surface area contributed by atoms with Crippen LogP contribution in [-0.4, -0.2) is 62.8 Å². The Morgan fingerprint density at radius 3 is 2.00 bits per heavy atom. The van der Waals surface area contributed by atoms with Crippen molar-refractivity contribution in [3.05, 3.63) is 0 Å². The van der Waals surface area contributed by atoms with Crippen LogP contribution in [0.25, 0.3) is 0 Å². The molecule has 1 rings (SSSR count). The van der Waals surface area contributed by atoms with Crippen molar-refractivity contribution in [3.63, 3.8) is 0 Å². The normalized spacial score (nSPS) is 49.2. The molecule has 1 unspecified atom stereocenters. The molecule has 0 saturated carbocycles. The summed E-state index contributed by atoms with van der Waals surface area (Å²) in [5, 5.41) is 44.7. The molecule has 1 heterocycles. The Bertz CT molecular complexity index is 146. The maximum Gasteiger partial charge on any atom is 0.184 e. The first-order chi connectivity index (χ1) is 5.57. The number of aliphatic hydroxyl groups is 5. The van der Waals surface area contributed by atoms with Crippen molar-refractivity contribution in [2.24, 2.45) is 0 Å². The summed E-state index contributed by atoms with van der Waals surface area (Å²) in [6.07, 6.45) is -7.04. The van der Waals surface area contributed by atoms with Gasteiger partial charge in [-0.15, -0.1) is 0 Å². The minimum Gasteiger partial charge on any atom is -0.394 e. The molecule has 0 radical (unpaired) electrons. The summed E-state index contributed by atoms with van der Waals surface area (Å²) in [5.41, 5.74) is 0. The Morgan fingerprint density at radius 2 is 1.50 bits per heavy atom. The Kier molecular flexibility index (Phi) is 2.99. The minimum atomic E-state index is -1.57. The van der Waals surface area contributed by atoms with Gasteiger partial charge in [0, 0.05) is 0 Å². The highest BCUT2D eigenvalue weighted by Crippen LogP contribution is 2.18. The molecule has 0 amide bonds. The topological polar surface area (TPSA) is 110 Å². The summed E-state index contributed by atoms with van der Waals surface area (Å²) in [5.74, 6) is 0. The van der Waals surface area contributed by atoms with Crippen molar-refractivity contribution >= 4 is 0 Å². The van der Waals surface area contributed by atoms with Crippen LogP contribution in [0.5, 0.6) is 0 Å². The number of aliphatic hydroxyl groups excluding tert-OH is 5. The van der Waals surface area contributed by atoms with Gasteiger partial charge in [0.1, 0.15) is 24.4 Å². The van der Waals surface area contributed by atoms with Gasteiger partial charge in [-0.25, -0.2) is 0 Å². The maximum absolute atomic E-state index is 9.12. The molecular weight excluding hydrogens is 168 g/mol. The predicted octanol–water partition coefficient (Wildman–Crippen LogP) is -3.22. The van der Waals surface area contributed by atoms with Crippen molar-refractivity contribution in [3.8, 4) is 0 Å². The van der Waals surface area contributed by atoms with Gasteiger partial charge >= 0.3 is 0 Å². The Labute approximate surface area is 68.6 Å². The van der Waals surface area contributed by atoms with E-state index in [-0.39, 0.29) is 0 Å². The molecule has 1 fully saturated rings. The lowest BCUT2D eigenvalue weighted by Gasteiger charge is -2.37. The predicted molar refractivity (Wildman–Crippen MR) is 36.0 cm³/mol. The van der Waals surface area contributed by atoms with Crippen molar-refractivity contribution < 1.29 is 30.3 Å². The molecule has 12 heavy (non-hydrogen) atoms. The maximum atomic E-state index is 9.12. The van der Waals surface area contributed by atoms with E-state index in [0.29, 0.717) is 0 Å². The molecule has 72 valence electrons. The molecule has 6 nitrogen and oxygen atoms in total. The van der Waals surface area contributed by atoms with Gasteiger partial charge in [0.25, 0.3) is 0 Å². The van der Waals surface area contributed by atoms with Crippen molar-refractivity contribution in [2.75, 3.05) is 6.61 Å². The summed E-state index contributed by atoms with van der Waals surface area (Å²) >= 11 is 0. The number of hydrogen-bond acceptors (Lipinski definition) is 6. The van der Waals surface area contributed by atoms with E-state index in [1.807, 2.05) is 0 Å². The molecule has 5 atom stereocenters. The van der Waals surface area contributed by atoms with Gasteiger partial charge in [-0.2, -0.15) is 0 Å². The first-order valence-electron chi connectivity index (χ1n) is 3.56. The van der Waals surface area contributed by atoms with Gasteiger partial charge in [-0.05, 0) is 0 Å². The van der Waals surface area contributed by atoms with Gasteiger partial charge in [-0.1, -0.05) is 0 Å². The van der Waals surface area contributed by atoms with E-state index in [1.165, 1.54) is 0 Å². The van der Waals surface area contributed by atoms with E-state index in [2.05, 4.69) is 4.74 Å². The second kappa shape index (κ2) is 3.65. The Hall–Kier alpha value is -0.240. The fourth-order valence-corrected chi connectivity index (χ4v) is 1.08. The standard InChI is InChI=1S/C6H12O6/c7-1-2-3(8)4(9)5(10)6(11)12-2/h2-11H,1H2/t2?,3-,4-,5+,6+/m1/s1. The van der Waals surface area contributed by atoms with Crippen LogP contribution in [0, 0.1) is 0 Å². The molecule has 1 saturated heterocycles. The third-order valence-electron chi connectivity index (χ3n) is 1.87. The molecule has 1 aliphatic heterocycles. The van der Waals surface area contributed by atoms with Crippen LogP contribution in [0.3, 0.4) is 0 Å². The number of hydrogen-bond donors (Lipinski definition) is 5. The smallest absolute Gasteiger partial charge is 0.184 e. The lowest BCUT2D eigenvalue weighted by Crippen LogP contribution is -2.58. The molecule has 0 aromatic heterocycles. The summed E-state index contributed by atoms with van der Waals surface area (Å²) in [6, 6.07) is 0. The fraction of sp³-hybridized carbons (Fsp3) is 1.00. The second-order valence-corrected chi connectivity index (χ2v) is 2.72. The summed E-state index contributed by atoms with van der Waals surface area (Å²) in [6.45, 7) is -0.526. The SMILES string of the molecule is OCC1O[C@H](O)[C@@H](O)[C@H](O)[C@@H]1O. The van der Waals surface area contributed by atoms with Gasteiger partial charge < -0.3 is 30.3 Å². The monoisotopic (exact) mass is 180 g/mol. The lowest BCUT2D eigenvalue weighted by atomic mass is 10.00. The second-order valence-electron chi connectivity index (χ2n) is 2.72. The van der Waals surface area contributed by atoms with E-state index in [9.17, 15) is 0 Å². The van der Waals surface area contributed by atoms with Crippen LogP contribution in [0.1, 0.15) is 0 Å². The number of ether oxygens (including phenoxy) is 1. The van der Waals surface area contributed by atoms with E-state index in [1.54, 1.807) is 0 Å². The molecule has 0 aromatic carbocycles. The molecule has 0 aliphatic carbocycles. The van der Waals surface area contributed by atoms with Crippen molar-refractivity contribution in [1.29, 1.82) is 0 Å². The summed E-state index contributed by atoms with van der Waals surface area (Å²) < 4.78 is 4.58. The van der Waals surface area contributed by atoms with E-state index < -0.39 is 37.3 Å². The van der Waals surface area contributed by atoms with Crippen molar-refractivity contribution in [2.45, 2.75) is 30.7 Å². The highest BCUT2D eigenvalue weighted by molar-refractivity contribution is 4.87. The van der Waals surface area contributed by atoms with Crippen LogP contribution in [0.15, 0.2) is 0 Å². The van der Waals surface area contributed by atoms with E-state index in [4.69, 9.17) is 25.5 Å². The zero-order valence-corrected chi connectivity index (χ0v) is 6.24. The minimum absolute atomic E-state index is 0.526. The third kappa shape index (κ3) is 1.58.